The summed E-state index contributed by atoms with van der Waals surface area (Å²) in [6, 6.07) is 30.6. The fourth-order valence-electron chi connectivity index (χ4n) is 6.02. The highest BCUT2D eigenvalue weighted by molar-refractivity contribution is 5.93. The van der Waals surface area contributed by atoms with Gasteiger partial charge in [-0.1, -0.05) is 91.0 Å². The van der Waals surface area contributed by atoms with Crippen LogP contribution in [0.3, 0.4) is 0 Å². The second-order valence-corrected chi connectivity index (χ2v) is 11.2. The monoisotopic (exact) mass is 583 g/mol. The average Bonchev–Trinajstić information content (AvgIpc) is 3.65. The first-order chi connectivity index (χ1) is 20.8. The van der Waals surface area contributed by atoms with Crippen molar-refractivity contribution < 1.29 is 28.5 Å². The highest BCUT2D eigenvalue weighted by Gasteiger charge is 2.56. The Hall–Kier alpha value is -4.02. The lowest BCUT2D eigenvalue weighted by Gasteiger charge is -2.37. The number of benzene rings is 3. The molecule has 0 amide bonds. The lowest BCUT2D eigenvalue weighted by Crippen LogP contribution is -2.39. The number of nitrogens with one attached hydrogen (secondary N) is 1. The van der Waals surface area contributed by atoms with Gasteiger partial charge in [0, 0.05) is 7.05 Å². The zero-order valence-electron chi connectivity index (χ0n) is 24.8. The van der Waals surface area contributed by atoms with Gasteiger partial charge in [-0.15, -0.1) is 0 Å². The SMILES string of the molecule is CCOC(=O)c1c([14NH][C@@H]2O[C@H](COC(c3ccccc3)(c3ccccc3)c3ccccc3)[C@H]3OC(C)(C)O[C@H]32)ncn1C. The van der Waals surface area contributed by atoms with E-state index < -0.39 is 41.9 Å². The van der Waals surface area contributed by atoms with Crippen molar-refractivity contribution in [2.24, 2.45) is 7.05 Å². The summed E-state index contributed by atoms with van der Waals surface area (Å²) in [5.74, 6) is -0.950. The molecule has 0 saturated carbocycles. The number of carbonyl (C=O) groups is 1. The van der Waals surface area contributed by atoms with Crippen molar-refractivity contribution in [2.75, 3.05) is 18.5 Å². The van der Waals surface area contributed by atoms with Gasteiger partial charge in [0.25, 0.3) is 0 Å². The molecular weight excluding hydrogens is 546 g/mol. The largest absolute Gasteiger partial charge is 0.461 e. The molecule has 9 nitrogen and oxygen atoms in total. The molecule has 43 heavy (non-hydrogen) atoms. The van der Waals surface area contributed by atoms with Crippen molar-refractivity contribution in [1.82, 2.24) is 9.55 Å². The maximum absolute atomic E-state index is 12.7. The maximum atomic E-state index is 12.7. The fraction of sp³-hybridized carbons (Fsp3) is 0.353. The Labute approximate surface area is 251 Å². The Balaban J connectivity index is 1.33. The van der Waals surface area contributed by atoms with E-state index in [0.29, 0.717) is 11.5 Å². The van der Waals surface area contributed by atoms with E-state index in [1.54, 1.807) is 24.9 Å². The summed E-state index contributed by atoms with van der Waals surface area (Å²) in [7, 11) is 1.74. The Morgan fingerprint density at radius 3 is 1.98 bits per heavy atom. The smallest absolute Gasteiger partial charge is 0.358 e. The van der Waals surface area contributed by atoms with Gasteiger partial charge in [-0.05, 0) is 37.5 Å². The number of nitrogens with zero attached hydrogens (tertiary/aromatic N) is 2. The van der Waals surface area contributed by atoms with Gasteiger partial charge >= 0.3 is 5.97 Å². The molecule has 2 saturated heterocycles. The average molecular weight is 584 g/mol. The van der Waals surface area contributed by atoms with Crippen LogP contribution in [0.15, 0.2) is 97.3 Å². The van der Waals surface area contributed by atoms with Crippen molar-refractivity contribution in [2.45, 2.75) is 56.7 Å². The van der Waals surface area contributed by atoms with Crippen LogP contribution in [0.4, 0.5) is 5.82 Å². The van der Waals surface area contributed by atoms with E-state index >= 15 is 0 Å². The maximum Gasteiger partial charge on any atom is 0.358 e. The van der Waals surface area contributed by atoms with Crippen molar-refractivity contribution in [3.63, 3.8) is 0 Å². The van der Waals surface area contributed by atoms with Crippen molar-refractivity contribution in [3.8, 4) is 0 Å². The summed E-state index contributed by atoms with van der Waals surface area (Å²) in [6.45, 7) is 5.98. The summed E-state index contributed by atoms with van der Waals surface area (Å²) in [6.07, 6.45) is -0.481. The number of hydrogen-bond acceptors (Lipinski definition) is 8. The predicted octanol–water partition coefficient (Wildman–Crippen LogP) is 5.26. The minimum Gasteiger partial charge on any atom is -0.461 e. The number of imidazole rings is 1. The van der Waals surface area contributed by atoms with Crippen LogP contribution >= 0.6 is 0 Å². The molecule has 3 heterocycles. The van der Waals surface area contributed by atoms with Gasteiger partial charge in [0.1, 0.15) is 23.9 Å². The first-order valence-electron chi connectivity index (χ1n) is 14.6. The highest BCUT2D eigenvalue weighted by Crippen LogP contribution is 2.43. The Morgan fingerprint density at radius 2 is 1.44 bits per heavy atom. The van der Waals surface area contributed by atoms with E-state index in [4.69, 9.17) is 23.7 Å². The molecule has 9 heteroatoms. The minimum absolute atomic E-state index is 0.199. The standard InChI is InChI=1S/C34H37N3O6/c1-5-39-32(38)27-30(35-22-37(27)4)36-31-29-28(42-33(2,3)43-29)26(41-31)21-40-34(23-15-9-6-10-16-23,24-17-11-7-12-18-24)25-19-13-8-14-20-25/h6-20,22,26,28-29,31,36H,5,21H2,1-4H3/t26-,28-,29-,31-/m1/s1/i36+0. The fourth-order valence-corrected chi connectivity index (χ4v) is 6.02. The second-order valence-electron chi connectivity index (χ2n) is 11.2. The third-order valence-corrected chi connectivity index (χ3v) is 7.84. The van der Waals surface area contributed by atoms with Crippen LogP contribution in [-0.4, -0.2) is 59.1 Å². The van der Waals surface area contributed by atoms with Gasteiger partial charge in [-0.25, -0.2) is 9.78 Å². The van der Waals surface area contributed by atoms with E-state index in [0.717, 1.165) is 16.7 Å². The van der Waals surface area contributed by atoms with E-state index in [1.165, 1.54) is 0 Å². The summed E-state index contributed by atoms with van der Waals surface area (Å²) in [5, 5.41) is 3.29. The van der Waals surface area contributed by atoms with Crippen LogP contribution < -0.4 is 5.32 Å². The van der Waals surface area contributed by atoms with Gasteiger partial charge in [-0.2, -0.15) is 0 Å². The third-order valence-electron chi connectivity index (χ3n) is 7.84. The number of anilines is 1. The van der Waals surface area contributed by atoms with Crippen molar-refractivity contribution >= 4 is 11.8 Å². The molecule has 0 radical (unpaired) electrons. The topological polar surface area (TPSA) is 93.1 Å². The van der Waals surface area contributed by atoms with Crippen LogP contribution in [0.1, 0.15) is 48.0 Å². The molecule has 0 bridgehead atoms. The molecule has 4 atom stereocenters. The van der Waals surface area contributed by atoms with Crippen LogP contribution in [0.25, 0.3) is 0 Å². The molecule has 2 aliphatic rings. The van der Waals surface area contributed by atoms with Gasteiger partial charge < -0.3 is 33.6 Å². The number of hydrogen-bond donors (Lipinski definition) is 1. The third kappa shape index (κ3) is 5.57. The quantitative estimate of drug-likeness (QED) is 0.200. The van der Waals surface area contributed by atoms with Gasteiger partial charge in [0.2, 0.25) is 0 Å². The lowest BCUT2D eigenvalue weighted by molar-refractivity contribution is -0.192. The van der Waals surface area contributed by atoms with Crippen LogP contribution in [0.5, 0.6) is 0 Å². The zero-order valence-corrected chi connectivity index (χ0v) is 24.8. The molecule has 2 aliphatic heterocycles. The molecule has 1 N–H and O–H groups in total. The molecule has 1 aromatic heterocycles. The molecule has 0 unspecified atom stereocenters. The molecule has 2 fully saturated rings. The van der Waals surface area contributed by atoms with E-state index in [1.807, 2.05) is 68.4 Å². The lowest BCUT2D eigenvalue weighted by atomic mass is 9.80. The van der Waals surface area contributed by atoms with Gasteiger partial charge in [0.15, 0.2) is 23.5 Å². The van der Waals surface area contributed by atoms with E-state index in [-0.39, 0.29) is 13.2 Å². The van der Waals surface area contributed by atoms with Crippen molar-refractivity contribution in [1.29, 1.82) is 0 Å². The first kappa shape index (κ1) is 29.1. The summed E-state index contributed by atoms with van der Waals surface area (Å²) in [5.41, 5.74) is 2.37. The summed E-state index contributed by atoms with van der Waals surface area (Å²) < 4.78 is 33.2. The van der Waals surface area contributed by atoms with Gasteiger partial charge in [-0.3, -0.25) is 0 Å². The van der Waals surface area contributed by atoms with Crippen molar-refractivity contribution in [3.05, 3.63) is 120 Å². The molecule has 0 spiro atoms. The Bertz CT molecular complexity index is 1430. The summed E-state index contributed by atoms with van der Waals surface area (Å²) >= 11 is 0. The van der Waals surface area contributed by atoms with Crippen LogP contribution in [0, 0.1) is 0 Å². The predicted molar refractivity (Wildman–Crippen MR) is 160 cm³/mol. The molecular formula is C34H37N3O6. The Morgan fingerprint density at radius 1 is 0.907 bits per heavy atom. The number of carbonyl (C=O) groups excluding carboxylic acids is 1. The second kappa shape index (κ2) is 11.9. The highest BCUT2D eigenvalue weighted by atomic mass is 16.8. The van der Waals surface area contributed by atoms with E-state index in [2.05, 4.69) is 46.7 Å². The van der Waals surface area contributed by atoms with Crippen LogP contribution in [0.2, 0.25) is 0 Å². The molecule has 6 rings (SSSR count). The molecule has 3 aromatic carbocycles. The number of esters is 1. The summed E-state index contributed by atoms with van der Waals surface area (Å²) in [4.78, 5) is 17.1. The number of fused-ring (bicyclic) bond motifs is 1. The minimum atomic E-state index is -0.915. The van der Waals surface area contributed by atoms with Gasteiger partial charge in [0.05, 0.1) is 19.5 Å². The molecule has 4 aromatic rings. The molecule has 224 valence electrons. The number of ether oxygens (including phenoxy) is 5. The molecule has 0 aliphatic carbocycles. The Kier molecular flexibility index (Phi) is 8.07. The van der Waals surface area contributed by atoms with Crippen LogP contribution in [-0.2, 0) is 36.3 Å². The zero-order chi connectivity index (χ0) is 30.0. The number of rotatable bonds is 10. The van der Waals surface area contributed by atoms with E-state index in [9.17, 15) is 4.79 Å². The number of aryl methyl sites for hydroxylation is 1. The normalized spacial score (nSPS) is 22.7. The number of aromatic nitrogens is 2. The first-order valence-corrected chi connectivity index (χ1v) is 14.6.